The third kappa shape index (κ3) is 2.97. The molecule has 0 spiro atoms. The smallest absolute Gasteiger partial charge is 0.146 e. The average molecular weight is 257 g/mol. The molecular weight excluding hydrogens is 239 g/mol. The van der Waals surface area contributed by atoms with Crippen LogP contribution in [-0.2, 0) is 6.54 Å². The van der Waals surface area contributed by atoms with Gasteiger partial charge in [0.1, 0.15) is 5.82 Å². The highest BCUT2D eigenvalue weighted by Crippen LogP contribution is 2.23. The monoisotopic (exact) mass is 256 g/mol. The summed E-state index contributed by atoms with van der Waals surface area (Å²) in [5, 5.41) is 3.40. The number of rotatable bonds is 4. The fourth-order valence-electron chi connectivity index (χ4n) is 2.46. The fraction of sp³-hybridized carbons (Fsp3) is 0.538. The van der Waals surface area contributed by atoms with Crippen molar-refractivity contribution in [1.29, 1.82) is 0 Å². The molecule has 0 amide bonds. The molecule has 0 aliphatic carbocycles. The van der Waals surface area contributed by atoms with Crippen molar-refractivity contribution in [3.63, 3.8) is 0 Å². The number of hydrogen-bond donors (Lipinski definition) is 1. The Hall–Kier alpha value is -0.640. The van der Waals surface area contributed by atoms with Crippen LogP contribution in [-0.4, -0.2) is 31.1 Å². The SMILES string of the molecule is CNCC1CCCN1Cc1cccc(Cl)c1F. The molecule has 0 bridgehead atoms. The topological polar surface area (TPSA) is 15.3 Å². The van der Waals surface area contributed by atoms with Crippen molar-refractivity contribution in [2.45, 2.75) is 25.4 Å². The third-order valence-electron chi connectivity index (χ3n) is 3.34. The van der Waals surface area contributed by atoms with Gasteiger partial charge in [-0.15, -0.1) is 0 Å². The quantitative estimate of drug-likeness (QED) is 0.891. The van der Waals surface area contributed by atoms with Gasteiger partial charge in [0.25, 0.3) is 0 Å². The van der Waals surface area contributed by atoms with Crippen molar-refractivity contribution in [2.75, 3.05) is 20.1 Å². The van der Waals surface area contributed by atoms with Gasteiger partial charge in [-0.2, -0.15) is 0 Å². The summed E-state index contributed by atoms with van der Waals surface area (Å²) >= 11 is 5.79. The van der Waals surface area contributed by atoms with E-state index in [0.717, 1.165) is 13.1 Å². The number of halogens is 2. The molecule has 1 unspecified atom stereocenters. The molecule has 1 aromatic carbocycles. The molecule has 94 valence electrons. The van der Waals surface area contributed by atoms with Crippen LogP contribution >= 0.6 is 11.6 Å². The van der Waals surface area contributed by atoms with Crippen LogP contribution in [0, 0.1) is 5.82 Å². The summed E-state index contributed by atoms with van der Waals surface area (Å²) in [4.78, 5) is 2.32. The van der Waals surface area contributed by atoms with Crippen molar-refractivity contribution < 1.29 is 4.39 Å². The first kappa shape index (κ1) is 12.8. The van der Waals surface area contributed by atoms with E-state index in [1.165, 1.54) is 12.8 Å². The van der Waals surface area contributed by atoms with Gasteiger partial charge in [-0.25, -0.2) is 4.39 Å². The van der Waals surface area contributed by atoms with Crippen molar-refractivity contribution in [2.24, 2.45) is 0 Å². The molecule has 17 heavy (non-hydrogen) atoms. The van der Waals surface area contributed by atoms with Crippen molar-refractivity contribution in [3.8, 4) is 0 Å². The third-order valence-corrected chi connectivity index (χ3v) is 3.64. The minimum Gasteiger partial charge on any atom is -0.318 e. The van der Waals surface area contributed by atoms with E-state index in [9.17, 15) is 4.39 Å². The molecule has 2 rings (SSSR count). The van der Waals surface area contributed by atoms with E-state index in [1.807, 2.05) is 19.2 Å². The molecule has 1 N–H and O–H groups in total. The lowest BCUT2D eigenvalue weighted by atomic mass is 10.1. The molecule has 4 heteroatoms. The van der Waals surface area contributed by atoms with E-state index >= 15 is 0 Å². The zero-order chi connectivity index (χ0) is 12.3. The van der Waals surface area contributed by atoms with E-state index in [2.05, 4.69) is 10.2 Å². The van der Waals surface area contributed by atoms with E-state index in [1.54, 1.807) is 6.07 Å². The summed E-state index contributed by atoms with van der Waals surface area (Å²) in [6.07, 6.45) is 2.37. The number of nitrogens with zero attached hydrogens (tertiary/aromatic N) is 1. The Bertz CT molecular complexity index is 384. The molecule has 1 fully saturated rings. The Morgan fingerprint density at radius 1 is 1.53 bits per heavy atom. The van der Waals surface area contributed by atoms with Crippen LogP contribution in [0.1, 0.15) is 18.4 Å². The maximum Gasteiger partial charge on any atom is 0.146 e. The van der Waals surface area contributed by atoms with E-state index in [4.69, 9.17) is 11.6 Å². The lowest BCUT2D eigenvalue weighted by Crippen LogP contribution is -2.36. The second kappa shape index (κ2) is 5.80. The Balaban J connectivity index is 2.07. The summed E-state index contributed by atoms with van der Waals surface area (Å²) in [7, 11) is 1.95. The second-order valence-electron chi connectivity index (χ2n) is 4.54. The maximum atomic E-state index is 13.8. The van der Waals surface area contributed by atoms with E-state index in [0.29, 0.717) is 18.2 Å². The van der Waals surface area contributed by atoms with E-state index < -0.39 is 0 Å². The summed E-state index contributed by atoms with van der Waals surface area (Å²) in [6, 6.07) is 5.73. The minimum absolute atomic E-state index is 0.215. The summed E-state index contributed by atoms with van der Waals surface area (Å²) in [5.74, 6) is -0.274. The number of likely N-dealkylation sites (tertiary alicyclic amines) is 1. The largest absolute Gasteiger partial charge is 0.318 e. The minimum atomic E-state index is -0.274. The predicted molar refractivity (Wildman–Crippen MR) is 68.8 cm³/mol. The zero-order valence-electron chi connectivity index (χ0n) is 10.0. The first-order valence-electron chi connectivity index (χ1n) is 6.04. The van der Waals surface area contributed by atoms with Gasteiger partial charge < -0.3 is 5.32 Å². The maximum absolute atomic E-state index is 13.8. The molecule has 1 aliphatic rings. The number of nitrogens with one attached hydrogen (secondary N) is 1. The zero-order valence-corrected chi connectivity index (χ0v) is 10.8. The van der Waals surface area contributed by atoms with Crippen LogP contribution in [0.25, 0.3) is 0 Å². The highest BCUT2D eigenvalue weighted by Gasteiger charge is 2.24. The van der Waals surface area contributed by atoms with Crippen molar-refractivity contribution in [3.05, 3.63) is 34.6 Å². The number of hydrogen-bond acceptors (Lipinski definition) is 2. The van der Waals surface area contributed by atoms with Gasteiger partial charge >= 0.3 is 0 Å². The average Bonchev–Trinajstić information content (AvgIpc) is 2.73. The van der Waals surface area contributed by atoms with Gasteiger partial charge in [0.2, 0.25) is 0 Å². The second-order valence-corrected chi connectivity index (χ2v) is 4.94. The predicted octanol–water partition coefficient (Wildman–Crippen LogP) is 2.66. The van der Waals surface area contributed by atoms with Crippen LogP contribution in [0.3, 0.4) is 0 Å². The van der Waals surface area contributed by atoms with Gasteiger partial charge in [-0.3, -0.25) is 4.90 Å². The molecule has 0 saturated carbocycles. The van der Waals surface area contributed by atoms with Crippen molar-refractivity contribution in [1.82, 2.24) is 10.2 Å². The molecule has 1 heterocycles. The Morgan fingerprint density at radius 2 is 2.35 bits per heavy atom. The Morgan fingerprint density at radius 3 is 3.12 bits per heavy atom. The summed E-state index contributed by atoms with van der Waals surface area (Å²) in [5.41, 5.74) is 0.695. The number of benzene rings is 1. The molecule has 0 aromatic heterocycles. The van der Waals surface area contributed by atoms with Gasteiger partial charge in [-0.1, -0.05) is 23.7 Å². The molecule has 1 atom stereocenters. The first-order chi connectivity index (χ1) is 8.22. The summed E-state index contributed by atoms with van der Waals surface area (Å²) < 4.78 is 13.8. The van der Waals surface area contributed by atoms with Gasteiger partial charge in [0, 0.05) is 24.7 Å². The van der Waals surface area contributed by atoms with Crippen LogP contribution in [0.2, 0.25) is 5.02 Å². The van der Waals surface area contributed by atoms with E-state index in [-0.39, 0.29) is 10.8 Å². The lowest BCUT2D eigenvalue weighted by molar-refractivity contribution is 0.239. The Labute approximate surface area is 107 Å². The molecule has 1 aliphatic heterocycles. The van der Waals surface area contributed by atoms with Crippen molar-refractivity contribution >= 4 is 11.6 Å². The highest BCUT2D eigenvalue weighted by molar-refractivity contribution is 6.30. The first-order valence-corrected chi connectivity index (χ1v) is 6.41. The molecule has 1 saturated heterocycles. The highest BCUT2D eigenvalue weighted by atomic mass is 35.5. The van der Waals surface area contributed by atoms with Crippen LogP contribution in [0.15, 0.2) is 18.2 Å². The number of likely N-dealkylation sites (N-methyl/N-ethyl adjacent to an activating group) is 1. The van der Waals surface area contributed by atoms with Crippen LogP contribution in [0.4, 0.5) is 4.39 Å². The van der Waals surface area contributed by atoms with Gasteiger partial charge in [0.05, 0.1) is 5.02 Å². The van der Waals surface area contributed by atoms with Gasteiger partial charge in [0.15, 0.2) is 0 Å². The van der Waals surface area contributed by atoms with Gasteiger partial charge in [-0.05, 0) is 32.5 Å². The summed E-state index contributed by atoms with van der Waals surface area (Å²) in [6.45, 7) is 2.65. The van der Waals surface area contributed by atoms with Crippen LogP contribution in [0.5, 0.6) is 0 Å². The normalized spacial score (nSPS) is 21.0. The molecular formula is C13H18ClFN2. The molecule has 2 nitrogen and oxygen atoms in total. The fourth-order valence-corrected chi connectivity index (χ4v) is 2.65. The standard InChI is InChI=1S/C13H18ClFN2/c1-16-8-11-5-3-7-17(11)9-10-4-2-6-12(14)13(10)15/h2,4,6,11,16H,3,5,7-9H2,1H3. The Kier molecular flexibility index (Phi) is 4.37. The molecule has 0 radical (unpaired) electrons. The van der Waals surface area contributed by atoms with Crippen LogP contribution < -0.4 is 5.32 Å². The lowest BCUT2D eigenvalue weighted by Gasteiger charge is -2.24. The molecule has 1 aromatic rings.